The molecule has 220 valence electrons. The van der Waals surface area contributed by atoms with Crippen LogP contribution in [-0.2, 0) is 23.4 Å². The van der Waals surface area contributed by atoms with Crippen LogP contribution < -0.4 is 5.69 Å². The Balaban J connectivity index is 1.82. The number of hydrogen-bond donors (Lipinski definition) is 1. The first-order chi connectivity index (χ1) is 19.8. The fourth-order valence-corrected chi connectivity index (χ4v) is 5.42. The number of methoxy groups -OCH3 is 1. The lowest BCUT2D eigenvalue weighted by molar-refractivity contribution is -0.274. The third-order valence-corrected chi connectivity index (χ3v) is 7.64. The molecule has 2 unspecified atom stereocenters. The molecule has 1 heterocycles. The predicted octanol–water partition coefficient (Wildman–Crippen LogP) is 6.97. The lowest BCUT2D eigenvalue weighted by atomic mass is 9.77. The molecule has 11 heteroatoms. The van der Waals surface area contributed by atoms with E-state index < -0.39 is 40.7 Å². The summed E-state index contributed by atoms with van der Waals surface area (Å²) in [6.07, 6.45) is -2.21. The van der Waals surface area contributed by atoms with Crippen molar-refractivity contribution in [2.24, 2.45) is 0 Å². The molecule has 1 aromatic heterocycles. The van der Waals surface area contributed by atoms with E-state index in [-0.39, 0.29) is 34.8 Å². The van der Waals surface area contributed by atoms with E-state index in [1.165, 1.54) is 64.6 Å². The number of rotatable bonds is 9. The maximum atomic E-state index is 14.8. The molecule has 0 aliphatic carbocycles. The number of alkyl halides is 3. The van der Waals surface area contributed by atoms with Crippen molar-refractivity contribution in [1.82, 2.24) is 9.13 Å². The first-order valence-corrected chi connectivity index (χ1v) is 13.1. The molecule has 4 rings (SSSR count). The van der Waals surface area contributed by atoms with Gasteiger partial charge >= 0.3 is 17.8 Å². The van der Waals surface area contributed by atoms with Gasteiger partial charge in [-0.2, -0.15) is 13.2 Å². The van der Waals surface area contributed by atoms with Gasteiger partial charge in [0.2, 0.25) is 0 Å². The second-order valence-electron chi connectivity index (χ2n) is 9.69. The normalized spacial score (nSPS) is 13.9. The van der Waals surface area contributed by atoms with Crippen LogP contribution in [0.3, 0.4) is 0 Å². The van der Waals surface area contributed by atoms with E-state index in [4.69, 9.17) is 11.6 Å². The molecule has 42 heavy (non-hydrogen) atoms. The van der Waals surface area contributed by atoms with Gasteiger partial charge in [0.1, 0.15) is 5.82 Å². The summed E-state index contributed by atoms with van der Waals surface area (Å²) in [5.74, 6) is -3.30. The average molecular weight is 603 g/mol. The Bertz CT molecular complexity index is 1760. The first-order valence-electron chi connectivity index (χ1n) is 12.7. The van der Waals surface area contributed by atoms with Crippen LogP contribution in [0.4, 0.5) is 17.6 Å². The molecule has 0 aliphatic heterocycles. The summed E-state index contributed by atoms with van der Waals surface area (Å²) in [5.41, 5.74) is -3.38. The molecule has 0 bridgehead atoms. The predicted molar refractivity (Wildman–Crippen MR) is 153 cm³/mol. The van der Waals surface area contributed by atoms with Crippen LogP contribution in [0.2, 0.25) is 5.02 Å². The third kappa shape index (κ3) is 5.16. The van der Waals surface area contributed by atoms with Gasteiger partial charge in [0.15, 0.2) is 5.60 Å². The number of carbonyl (C=O) groups is 1. The number of aliphatic hydroxyl groups is 1. The molecule has 0 fully saturated rings. The van der Waals surface area contributed by atoms with E-state index in [2.05, 4.69) is 17.9 Å². The summed E-state index contributed by atoms with van der Waals surface area (Å²) in [6, 6.07) is 11.5. The van der Waals surface area contributed by atoms with Crippen molar-refractivity contribution >= 4 is 28.6 Å². The monoisotopic (exact) mass is 602 g/mol. The number of halogens is 5. The molecule has 4 aromatic rings. The minimum Gasteiger partial charge on any atom is -0.465 e. The Morgan fingerprint density at radius 2 is 1.60 bits per heavy atom. The van der Waals surface area contributed by atoms with Crippen LogP contribution in [0.5, 0.6) is 0 Å². The van der Waals surface area contributed by atoms with E-state index >= 15 is 0 Å². The van der Waals surface area contributed by atoms with Gasteiger partial charge in [-0.25, -0.2) is 14.0 Å². The van der Waals surface area contributed by atoms with E-state index in [1.807, 2.05) is 0 Å². The molecule has 0 saturated heterocycles. The second-order valence-corrected chi connectivity index (χ2v) is 10.1. The first kappa shape index (κ1) is 30.8. The lowest BCUT2D eigenvalue weighted by Gasteiger charge is -2.37. The number of fused-ring (bicyclic) bond motifs is 1. The topological polar surface area (TPSA) is 73.5 Å². The van der Waals surface area contributed by atoms with Crippen LogP contribution in [0.25, 0.3) is 22.2 Å². The molecule has 6 nitrogen and oxygen atoms in total. The molecule has 1 N–H and O–H groups in total. The number of carbonyl (C=O) groups excluding carboxylic acids is 1. The molecule has 0 spiro atoms. The van der Waals surface area contributed by atoms with Crippen LogP contribution in [0, 0.1) is 5.82 Å². The maximum Gasteiger partial charge on any atom is 0.422 e. The number of allylic oxidation sites excluding steroid dienone is 2. The Morgan fingerprint density at radius 1 is 1.00 bits per heavy atom. The highest BCUT2D eigenvalue weighted by molar-refractivity contribution is 6.31. The van der Waals surface area contributed by atoms with Gasteiger partial charge in [0.05, 0.1) is 23.7 Å². The van der Waals surface area contributed by atoms with Gasteiger partial charge < -0.3 is 9.84 Å². The Hall–Kier alpha value is -4.15. The summed E-state index contributed by atoms with van der Waals surface area (Å²) in [7, 11) is 1.12. The van der Waals surface area contributed by atoms with Gasteiger partial charge in [0, 0.05) is 24.0 Å². The zero-order valence-corrected chi connectivity index (χ0v) is 23.5. The molecule has 0 amide bonds. The number of aromatic nitrogens is 2. The number of benzene rings is 3. The molecular weight excluding hydrogens is 576 g/mol. The third-order valence-electron chi connectivity index (χ3n) is 7.32. The molecule has 0 saturated carbocycles. The highest BCUT2D eigenvalue weighted by atomic mass is 35.5. The number of nitrogens with zero attached hydrogens (tertiary/aromatic N) is 2. The Labute approximate surface area is 243 Å². The van der Waals surface area contributed by atoms with E-state index in [0.717, 1.165) is 25.3 Å². The van der Waals surface area contributed by atoms with Crippen LogP contribution >= 0.6 is 11.6 Å². The van der Waals surface area contributed by atoms with Crippen molar-refractivity contribution < 1.29 is 32.2 Å². The molecule has 2 atom stereocenters. The fraction of sp³-hybridized carbons (Fsp3) is 0.226. The highest BCUT2D eigenvalue weighted by Crippen LogP contribution is 2.50. The van der Waals surface area contributed by atoms with Gasteiger partial charge in [-0.3, -0.25) is 9.13 Å². The zero-order valence-electron chi connectivity index (χ0n) is 22.7. The number of ether oxygens (including phenoxy) is 1. The van der Waals surface area contributed by atoms with Crippen molar-refractivity contribution in [3.05, 3.63) is 118 Å². The molecule has 0 aliphatic rings. The van der Waals surface area contributed by atoms with Crippen molar-refractivity contribution in [2.75, 3.05) is 7.11 Å². The van der Waals surface area contributed by atoms with E-state index in [0.29, 0.717) is 16.6 Å². The summed E-state index contributed by atoms with van der Waals surface area (Å²) >= 11 is 6.47. The number of hydrogen-bond acceptors (Lipinski definition) is 4. The van der Waals surface area contributed by atoms with E-state index in [9.17, 15) is 32.3 Å². The van der Waals surface area contributed by atoms with Crippen molar-refractivity contribution in [1.29, 1.82) is 0 Å². The van der Waals surface area contributed by atoms with Crippen molar-refractivity contribution in [2.45, 2.75) is 37.7 Å². The van der Waals surface area contributed by atoms with Gasteiger partial charge in [-0.05, 0) is 52.6 Å². The van der Waals surface area contributed by atoms with Gasteiger partial charge in [0.25, 0.3) is 0 Å². The zero-order chi connectivity index (χ0) is 31.0. The van der Waals surface area contributed by atoms with Crippen LogP contribution in [-0.4, -0.2) is 33.5 Å². The minimum absolute atomic E-state index is 0.0142. The van der Waals surface area contributed by atoms with Gasteiger partial charge in [-0.15, -0.1) is 13.2 Å². The SMILES string of the molecule is C=CCn1c(=O)n(CC=C)c2cc(C(O)(C(C)c3ccc(-c4ccc(C(=O)OC)c(F)c4)cc3Cl)C(F)(F)F)ccc21. The second kappa shape index (κ2) is 11.6. The Kier molecular flexibility index (Phi) is 8.52. The van der Waals surface area contributed by atoms with Crippen LogP contribution in [0.15, 0.2) is 84.7 Å². The number of imidazole rings is 1. The fourth-order valence-electron chi connectivity index (χ4n) is 5.08. The van der Waals surface area contributed by atoms with Gasteiger partial charge in [-0.1, -0.05) is 54.9 Å². The smallest absolute Gasteiger partial charge is 0.422 e. The summed E-state index contributed by atoms with van der Waals surface area (Å²) in [5, 5.41) is 11.4. The largest absolute Gasteiger partial charge is 0.465 e. The van der Waals surface area contributed by atoms with Crippen LogP contribution in [0.1, 0.15) is 34.3 Å². The van der Waals surface area contributed by atoms with Crippen molar-refractivity contribution in [3.8, 4) is 11.1 Å². The quantitative estimate of drug-likeness (QED) is 0.128. The maximum absolute atomic E-state index is 14.8. The van der Waals surface area contributed by atoms with Crippen molar-refractivity contribution in [3.63, 3.8) is 0 Å². The summed E-state index contributed by atoms with van der Waals surface area (Å²) < 4.78 is 65.9. The summed E-state index contributed by atoms with van der Waals surface area (Å²) in [4.78, 5) is 24.6. The highest BCUT2D eigenvalue weighted by Gasteiger charge is 2.59. The molecule has 0 radical (unpaired) electrons. The number of esters is 1. The average Bonchev–Trinajstić information content (AvgIpc) is 3.21. The minimum atomic E-state index is -5.15. The van der Waals surface area contributed by atoms with E-state index in [1.54, 1.807) is 0 Å². The Morgan fingerprint density at radius 3 is 2.14 bits per heavy atom. The standard InChI is InChI=1S/C31H27ClF4N2O4/c1-5-13-37-26-12-9-21(17-27(26)38(14-6-2)29(37)40)30(41,31(34,35)36)18(3)22-10-7-19(15-24(22)32)20-8-11-23(25(33)16-20)28(39)42-4/h5-12,15-18,41H,1-2,13-14H2,3-4H3. The molecular formula is C31H27ClF4N2O4. The molecule has 3 aromatic carbocycles. The summed E-state index contributed by atoms with van der Waals surface area (Å²) in [6.45, 7) is 8.62. The lowest BCUT2D eigenvalue weighted by Crippen LogP contribution is -2.46.